The van der Waals surface area contributed by atoms with E-state index >= 15 is 0 Å². The first kappa shape index (κ1) is 21.7. The number of ketones is 2. The molecule has 0 bridgehead atoms. The van der Waals surface area contributed by atoms with Crippen molar-refractivity contribution in [1.82, 2.24) is 10.2 Å². The van der Waals surface area contributed by atoms with Crippen LogP contribution >= 0.6 is 0 Å². The molecule has 1 atom stereocenters. The first-order valence-electron chi connectivity index (χ1n) is 10.3. The van der Waals surface area contributed by atoms with E-state index in [9.17, 15) is 14.4 Å². The summed E-state index contributed by atoms with van der Waals surface area (Å²) >= 11 is 0. The number of carbonyl (C=O) groups is 3. The molecular formula is C24H29N3O3. The SMILES string of the molecule is CC(=O)c1ccc(N2CCN(CC(=O)N[C@H](Cc3ccccc3)C(C)=O)CC2)cc1. The molecule has 1 amide bonds. The van der Waals surface area contributed by atoms with Crippen LogP contribution in [0.2, 0.25) is 0 Å². The molecule has 2 aromatic rings. The lowest BCUT2D eigenvalue weighted by Gasteiger charge is -2.36. The van der Waals surface area contributed by atoms with E-state index < -0.39 is 6.04 Å². The first-order chi connectivity index (χ1) is 14.4. The van der Waals surface area contributed by atoms with Gasteiger partial charge in [0.2, 0.25) is 5.91 Å². The molecule has 1 aliphatic heterocycles. The number of nitrogens with one attached hydrogen (secondary N) is 1. The molecule has 1 heterocycles. The fourth-order valence-corrected chi connectivity index (χ4v) is 3.66. The Labute approximate surface area is 177 Å². The summed E-state index contributed by atoms with van der Waals surface area (Å²) in [6, 6.07) is 16.9. The number of hydrogen-bond acceptors (Lipinski definition) is 5. The average molecular weight is 408 g/mol. The van der Waals surface area contributed by atoms with E-state index in [-0.39, 0.29) is 24.0 Å². The minimum absolute atomic E-state index is 0.0361. The van der Waals surface area contributed by atoms with Gasteiger partial charge < -0.3 is 10.2 Å². The molecule has 1 aliphatic rings. The maximum Gasteiger partial charge on any atom is 0.234 e. The smallest absolute Gasteiger partial charge is 0.234 e. The van der Waals surface area contributed by atoms with Crippen LogP contribution in [0.1, 0.15) is 29.8 Å². The molecule has 0 aliphatic carbocycles. The fourth-order valence-electron chi connectivity index (χ4n) is 3.66. The van der Waals surface area contributed by atoms with Crippen LogP contribution in [0.3, 0.4) is 0 Å². The lowest BCUT2D eigenvalue weighted by atomic mass is 10.0. The van der Waals surface area contributed by atoms with Gasteiger partial charge in [0.25, 0.3) is 0 Å². The minimum Gasteiger partial charge on any atom is -0.369 e. The monoisotopic (exact) mass is 407 g/mol. The lowest BCUT2D eigenvalue weighted by molar-refractivity contribution is -0.127. The summed E-state index contributed by atoms with van der Waals surface area (Å²) in [5.41, 5.74) is 2.83. The van der Waals surface area contributed by atoms with Gasteiger partial charge in [0.05, 0.1) is 12.6 Å². The van der Waals surface area contributed by atoms with Crippen molar-refractivity contribution in [3.8, 4) is 0 Å². The number of nitrogens with zero attached hydrogens (tertiary/aromatic N) is 2. The topological polar surface area (TPSA) is 69.7 Å². The van der Waals surface area contributed by atoms with Crippen molar-refractivity contribution < 1.29 is 14.4 Å². The Morgan fingerprint density at radius 2 is 1.53 bits per heavy atom. The Bertz CT molecular complexity index is 872. The minimum atomic E-state index is -0.499. The Hall–Kier alpha value is -2.99. The molecule has 2 aromatic carbocycles. The molecule has 0 aromatic heterocycles. The summed E-state index contributed by atoms with van der Waals surface area (Å²) in [4.78, 5) is 40.3. The second-order valence-corrected chi connectivity index (χ2v) is 7.79. The van der Waals surface area contributed by atoms with Crippen LogP contribution in [0.5, 0.6) is 0 Å². The Balaban J connectivity index is 1.48. The van der Waals surface area contributed by atoms with E-state index in [1.807, 2.05) is 54.6 Å². The first-order valence-corrected chi connectivity index (χ1v) is 10.3. The third-order valence-electron chi connectivity index (χ3n) is 5.49. The summed E-state index contributed by atoms with van der Waals surface area (Å²) in [6.45, 7) is 6.53. The van der Waals surface area contributed by atoms with Crippen LogP contribution < -0.4 is 10.2 Å². The standard InChI is InChI=1S/C24H29N3O3/c1-18(28)21-8-10-22(11-9-21)27-14-12-26(13-15-27)17-24(30)25-23(19(2)29)16-20-6-4-3-5-7-20/h3-11,23H,12-17H2,1-2H3,(H,25,30)/t23-/m1/s1. The van der Waals surface area contributed by atoms with Gasteiger partial charge in [-0.05, 0) is 50.1 Å². The normalized spacial score (nSPS) is 15.5. The van der Waals surface area contributed by atoms with Gasteiger partial charge in [0.1, 0.15) is 0 Å². The Morgan fingerprint density at radius 3 is 2.10 bits per heavy atom. The highest BCUT2D eigenvalue weighted by Crippen LogP contribution is 2.17. The van der Waals surface area contributed by atoms with E-state index in [4.69, 9.17) is 0 Å². The Kier molecular flexibility index (Phi) is 7.36. The third kappa shape index (κ3) is 6.00. The number of Topliss-reactive ketones (excluding diaryl/α,β-unsaturated/α-hetero) is 2. The molecule has 6 nitrogen and oxygen atoms in total. The van der Waals surface area contributed by atoms with Crippen LogP contribution in [-0.4, -0.2) is 61.1 Å². The lowest BCUT2D eigenvalue weighted by Crippen LogP contribution is -2.51. The molecule has 30 heavy (non-hydrogen) atoms. The van der Waals surface area contributed by atoms with Gasteiger partial charge in [-0.25, -0.2) is 0 Å². The molecule has 1 saturated heterocycles. The average Bonchev–Trinajstić information content (AvgIpc) is 2.74. The maximum absolute atomic E-state index is 12.5. The van der Waals surface area contributed by atoms with E-state index in [1.54, 1.807) is 6.92 Å². The van der Waals surface area contributed by atoms with Gasteiger partial charge in [-0.15, -0.1) is 0 Å². The molecule has 0 unspecified atom stereocenters. The van der Waals surface area contributed by atoms with Crippen molar-refractivity contribution in [1.29, 1.82) is 0 Å². The van der Waals surface area contributed by atoms with E-state index in [0.29, 0.717) is 12.0 Å². The molecular weight excluding hydrogens is 378 g/mol. The van der Waals surface area contributed by atoms with E-state index in [1.165, 1.54) is 6.92 Å². The van der Waals surface area contributed by atoms with Crippen molar-refractivity contribution in [2.45, 2.75) is 26.3 Å². The molecule has 0 spiro atoms. The number of rotatable bonds is 8. The number of piperazine rings is 1. The predicted molar refractivity (Wildman–Crippen MR) is 118 cm³/mol. The summed E-state index contributed by atoms with van der Waals surface area (Å²) in [6.07, 6.45) is 0.506. The second kappa shape index (κ2) is 10.2. The second-order valence-electron chi connectivity index (χ2n) is 7.79. The summed E-state index contributed by atoms with van der Waals surface area (Å²) in [5, 5.41) is 2.90. The van der Waals surface area contributed by atoms with Crippen LogP contribution in [0, 0.1) is 0 Å². The molecule has 158 valence electrons. The molecule has 0 saturated carbocycles. The summed E-state index contributed by atoms with van der Waals surface area (Å²) < 4.78 is 0. The zero-order valence-electron chi connectivity index (χ0n) is 17.6. The van der Waals surface area contributed by atoms with Gasteiger partial charge in [-0.2, -0.15) is 0 Å². The summed E-state index contributed by atoms with van der Waals surface area (Å²) in [5.74, 6) is -0.0927. The van der Waals surface area contributed by atoms with Crippen molar-refractivity contribution in [3.63, 3.8) is 0 Å². The Morgan fingerprint density at radius 1 is 0.900 bits per heavy atom. The van der Waals surface area contributed by atoms with Crippen LogP contribution in [0.25, 0.3) is 0 Å². The highest BCUT2D eigenvalue weighted by atomic mass is 16.2. The van der Waals surface area contributed by atoms with Crippen molar-refractivity contribution >= 4 is 23.2 Å². The third-order valence-corrected chi connectivity index (χ3v) is 5.49. The highest BCUT2D eigenvalue weighted by molar-refractivity contribution is 5.94. The van der Waals surface area contributed by atoms with Crippen molar-refractivity contribution in [2.24, 2.45) is 0 Å². The van der Waals surface area contributed by atoms with E-state index in [0.717, 1.165) is 37.4 Å². The maximum atomic E-state index is 12.5. The van der Waals surface area contributed by atoms with Crippen molar-refractivity contribution in [3.05, 3.63) is 65.7 Å². The number of hydrogen-bond donors (Lipinski definition) is 1. The fraction of sp³-hybridized carbons (Fsp3) is 0.375. The number of anilines is 1. The largest absolute Gasteiger partial charge is 0.369 e. The highest BCUT2D eigenvalue weighted by Gasteiger charge is 2.22. The molecule has 1 fully saturated rings. The molecule has 1 N–H and O–H groups in total. The van der Waals surface area contributed by atoms with Gasteiger partial charge in [0, 0.05) is 37.4 Å². The van der Waals surface area contributed by atoms with Crippen LogP contribution in [0.15, 0.2) is 54.6 Å². The number of carbonyl (C=O) groups excluding carboxylic acids is 3. The molecule has 0 radical (unpaired) electrons. The molecule has 3 rings (SSSR count). The number of benzene rings is 2. The van der Waals surface area contributed by atoms with Crippen LogP contribution in [0.4, 0.5) is 5.69 Å². The van der Waals surface area contributed by atoms with Gasteiger partial charge in [0.15, 0.2) is 11.6 Å². The zero-order chi connectivity index (χ0) is 21.5. The molecule has 6 heteroatoms. The zero-order valence-corrected chi connectivity index (χ0v) is 17.6. The van der Waals surface area contributed by atoms with Crippen LogP contribution in [-0.2, 0) is 16.0 Å². The quantitative estimate of drug-likeness (QED) is 0.680. The number of amides is 1. The predicted octanol–water partition coefficient (Wildman–Crippen LogP) is 2.33. The van der Waals surface area contributed by atoms with Gasteiger partial charge >= 0.3 is 0 Å². The van der Waals surface area contributed by atoms with Gasteiger partial charge in [-0.3, -0.25) is 19.3 Å². The summed E-state index contributed by atoms with van der Waals surface area (Å²) in [7, 11) is 0. The van der Waals surface area contributed by atoms with Crippen molar-refractivity contribution in [2.75, 3.05) is 37.6 Å². The van der Waals surface area contributed by atoms with Gasteiger partial charge in [-0.1, -0.05) is 30.3 Å². The van der Waals surface area contributed by atoms with E-state index in [2.05, 4.69) is 15.1 Å².